The molecular formula is C12H18BrN3O. The molecule has 0 bridgehead atoms. The average Bonchev–Trinajstić information content (AvgIpc) is 2.29. The van der Waals surface area contributed by atoms with Crippen LogP contribution in [0.15, 0.2) is 16.9 Å². The molecule has 1 N–H and O–H groups in total. The number of rotatable bonds is 5. The van der Waals surface area contributed by atoms with Crippen molar-refractivity contribution in [2.75, 3.05) is 18.1 Å². The van der Waals surface area contributed by atoms with Gasteiger partial charge in [0.15, 0.2) is 0 Å². The van der Waals surface area contributed by atoms with Crippen molar-refractivity contribution < 1.29 is 5.11 Å². The van der Waals surface area contributed by atoms with Crippen LogP contribution < -0.4 is 4.90 Å². The molecule has 1 atom stereocenters. The van der Waals surface area contributed by atoms with E-state index in [0.717, 1.165) is 16.9 Å². The van der Waals surface area contributed by atoms with Gasteiger partial charge in [0.2, 0.25) is 5.95 Å². The summed E-state index contributed by atoms with van der Waals surface area (Å²) in [4.78, 5) is 10.7. The second-order valence-electron chi connectivity index (χ2n) is 4.68. The van der Waals surface area contributed by atoms with Gasteiger partial charge in [0.25, 0.3) is 0 Å². The van der Waals surface area contributed by atoms with Gasteiger partial charge >= 0.3 is 0 Å². The number of nitrogens with zero attached hydrogens (tertiary/aromatic N) is 3. The molecule has 0 aromatic carbocycles. The van der Waals surface area contributed by atoms with Crippen molar-refractivity contribution in [3.05, 3.63) is 16.9 Å². The molecule has 4 nitrogen and oxygen atoms in total. The molecule has 0 saturated heterocycles. The van der Waals surface area contributed by atoms with Crippen molar-refractivity contribution in [3.8, 4) is 0 Å². The summed E-state index contributed by atoms with van der Waals surface area (Å²) < 4.78 is 0.876. The molecule has 1 heterocycles. The summed E-state index contributed by atoms with van der Waals surface area (Å²) in [6.45, 7) is 3.08. The standard InChI is InChI=1S/C12H18BrN3O/c1-9(8-17)16(7-10-3-2-4-10)12-14-5-11(13)6-15-12/h5-6,9-10,17H,2-4,7-8H2,1H3/t9-/m0/s1. The summed E-state index contributed by atoms with van der Waals surface area (Å²) >= 11 is 3.33. The van der Waals surface area contributed by atoms with Crippen molar-refractivity contribution in [1.29, 1.82) is 0 Å². The average molecular weight is 300 g/mol. The number of halogens is 1. The first-order valence-electron chi connectivity index (χ1n) is 6.05. The SMILES string of the molecule is C[C@@H](CO)N(CC1CCC1)c1ncc(Br)cn1. The first-order valence-corrected chi connectivity index (χ1v) is 6.85. The van der Waals surface area contributed by atoms with Crippen molar-refractivity contribution >= 4 is 21.9 Å². The molecule has 2 rings (SSSR count). The monoisotopic (exact) mass is 299 g/mol. The van der Waals surface area contributed by atoms with E-state index in [-0.39, 0.29) is 12.6 Å². The highest BCUT2D eigenvalue weighted by Gasteiger charge is 2.24. The van der Waals surface area contributed by atoms with E-state index in [1.807, 2.05) is 6.92 Å². The highest BCUT2D eigenvalue weighted by molar-refractivity contribution is 9.10. The maximum atomic E-state index is 9.32. The van der Waals surface area contributed by atoms with E-state index >= 15 is 0 Å². The molecule has 1 aromatic rings. The third-order valence-electron chi connectivity index (χ3n) is 3.34. The molecule has 0 amide bonds. The molecule has 5 heteroatoms. The minimum Gasteiger partial charge on any atom is -0.394 e. The maximum absolute atomic E-state index is 9.32. The van der Waals surface area contributed by atoms with E-state index in [9.17, 15) is 5.11 Å². The third-order valence-corrected chi connectivity index (χ3v) is 3.75. The zero-order chi connectivity index (χ0) is 12.3. The van der Waals surface area contributed by atoms with Crippen LogP contribution >= 0.6 is 15.9 Å². The van der Waals surface area contributed by atoms with Gasteiger partial charge in [-0.3, -0.25) is 0 Å². The second-order valence-corrected chi connectivity index (χ2v) is 5.60. The van der Waals surface area contributed by atoms with E-state index < -0.39 is 0 Å². The van der Waals surface area contributed by atoms with Gasteiger partial charge in [0.05, 0.1) is 17.1 Å². The quantitative estimate of drug-likeness (QED) is 0.906. The van der Waals surface area contributed by atoms with Crippen LogP contribution in [0.3, 0.4) is 0 Å². The molecule has 0 spiro atoms. The van der Waals surface area contributed by atoms with E-state index in [1.54, 1.807) is 12.4 Å². The summed E-state index contributed by atoms with van der Waals surface area (Å²) in [5, 5.41) is 9.32. The molecule has 0 aliphatic heterocycles. The van der Waals surface area contributed by atoms with Crippen molar-refractivity contribution in [2.45, 2.75) is 32.2 Å². The van der Waals surface area contributed by atoms with Gasteiger partial charge in [-0.05, 0) is 41.6 Å². The fourth-order valence-electron chi connectivity index (χ4n) is 1.96. The molecule has 1 fully saturated rings. The predicted molar refractivity (Wildman–Crippen MR) is 71.0 cm³/mol. The Kier molecular flexibility index (Phi) is 4.34. The first kappa shape index (κ1) is 12.8. The van der Waals surface area contributed by atoms with Gasteiger partial charge < -0.3 is 10.0 Å². The van der Waals surface area contributed by atoms with Crippen LogP contribution in [0.1, 0.15) is 26.2 Å². The molecular weight excluding hydrogens is 282 g/mol. The van der Waals surface area contributed by atoms with E-state index in [4.69, 9.17) is 0 Å². The Labute approximate surface area is 110 Å². The third kappa shape index (κ3) is 3.16. The fraction of sp³-hybridized carbons (Fsp3) is 0.667. The van der Waals surface area contributed by atoms with Crippen LogP contribution in [0, 0.1) is 5.92 Å². The maximum Gasteiger partial charge on any atom is 0.225 e. The lowest BCUT2D eigenvalue weighted by atomic mass is 9.85. The van der Waals surface area contributed by atoms with Gasteiger partial charge in [-0.15, -0.1) is 0 Å². The molecule has 0 unspecified atom stereocenters. The van der Waals surface area contributed by atoms with Crippen molar-refractivity contribution in [3.63, 3.8) is 0 Å². The van der Waals surface area contributed by atoms with Crippen LogP contribution in [0.5, 0.6) is 0 Å². The highest BCUT2D eigenvalue weighted by Crippen LogP contribution is 2.28. The van der Waals surface area contributed by atoms with Crippen LogP contribution in [-0.2, 0) is 0 Å². The minimum absolute atomic E-state index is 0.0665. The lowest BCUT2D eigenvalue weighted by molar-refractivity contribution is 0.248. The molecule has 1 aliphatic carbocycles. The fourth-order valence-corrected chi connectivity index (χ4v) is 2.17. The molecule has 1 aliphatic rings. The molecule has 0 radical (unpaired) electrons. The number of anilines is 1. The number of hydrogen-bond acceptors (Lipinski definition) is 4. The molecule has 94 valence electrons. The Bertz CT molecular complexity index is 353. The van der Waals surface area contributed by atoms with Crippen LogP contribution in [0.4, 0.5) is 5.95 Å². The van der Waals surface area contributed by atoms with Gasteiger partial charge in [-0.2, -0.15) is 0 Å². The lowest BCUT2D eigenvalue weighted by Gasteiger charge is -2.35. The lowest BCUT2D eigenvalue weighted by Crippen LogP contribution is -2.41. The Morgan fingerprint density at radius 1 is 1.47 bits per heavy atom. The molecule has 1 aromatic heterocycles. The smallest absolute Gasteiger partial charge is 0.225 e. The summed E-state index contributed by atoms with van der Waals surface area (Å²) in [5.41, 5.74) is 0. The van der Waals surface area contributed by atoms with Crippen LogP contribution in [0.2, 0.25) is 0 Å². The Balaban J connectivity index is 2.10. The van der Waals surface area contributed by atoms with Crippen molar-refractivity contribution in [2.24, 2.45) is 5.92 Å². The molecule has 17 heavy (non-hydrogen) atoms. The van der Waals surface area contributed by atoms with Gasteiger partial charge in [-0.1, -0.05) is 6.42 Å². The largest absolute Gasteiger partial charge is 0.394 e. The topological polar surface area (TPSA) is 49.2 Å². The predicted octanol–water partition coefficient (Wildman–Crippen LogP) is 2.23. The number of aliphatic hydroxyl groups is 1. The Morgan fingerprint density at radius 2 is 2.12 bits per heavy atom. The summed E-state index contributed by atoms with van der Waals surface area (Å²) in [5.74, 6) is 1.44. The Hall–Kier alpha value is -0.680. The second kappa shape index (κ2) is 5.78. The number of aromatic nitrogens is 2. The summed E-state index contributed by atoms with van der Waals surface area (Å²) in [7, 11) is 0. The van der Waals surface area contributed by atoms with E-state index in [0.29, 0.717) is 5.95 Å². The summed E-state index contributed by atoms with van der Waals surface area (Å²) in [6.07, 6.45) is 7.39. The van der Waals surface area contributed by atoms with Gasteiger partial charge in [-0.25, -0.2) is 9.97 Å². The zero-order valence-corrected chi connectivity index (χ0v) is 11.6. The Morgan fingerprint density at radius 3 is 2.59 bits per heavy atom. The van der Waals surface area contributed by atoms with E-state index in [2.05, 4.69) is 30.8 Å². The van der Waals surface area contributed by atoms with Crippen LogP contribution in [0.25, 0.3) is 0 Å². The minimum atomic E-state index is 0.0665. The number of aliphatic hydroxyl groups excluding tert-OH is 1. The first-order chi connectivity index (χ1) is 8.20. The van der Waals surface area contributed by atoms with Crippen LogP contribution in [-0.4, -0.2) is 34.3 Å². The summed E-state index contributed by atoms with van der Waals surface area (Å²) in [6, 6.07) is 0.0665. The van der Waals surface area contributed by atoms with Crippen molar-refractivity contribution in [1.82, 2.24) is 9.97 Å². The van der Waals surface area contributed by atoms with E-state index in [1.165, 1.54) is 19.3 Å². The number of hydrogen-bond donors (Lipinski definition) is 1. The molecule has 1 saturated carbocycles. The normalized spacial score (nSPS) is 17.6. The zero-order valence-electron chi connectivity index (χ0n) is 10.0. The highest BCUT2D eigenvalue weighted by atomic mass is 79.9. The van der Waals surface area contributed by atoms with Gasteiger partial charge in [0.1, 0.15) is 0 Å². The van der Waals surface area contributed by atoms with Gasteiger partial charge in [0, 0.05) is 18.9 Å².